The predicted octanol–water partition coefficient (Wildman–Crippen LogP) is 2.26. The summed E-state index contributed by atoms with van der Waals surface area (Å²) in [6.07, 6.45) is 0. The van der Waals surface area contributed by atoms with E-state index in [1.54, 1.807) is 4.90 Å². The number of benzene rings is 2. The summed E-state index contributed by atoms with van der Waals surface area (Å²) in [5.41, 5.74) is 0.412. The molecule has 1 aliphatic heterocycles. The molecule has 26 heavy (non-hydrogen) atoms. The number of anilines is 1. The summed E-state index contributed by atoms with van der Waals surface area (Å²) >= 11 is 0. The van der Waals surface area contributed by atoms with Crippen molar-refractivity contribution in [1.29, 1.82) is 0 Å². The van der Waals surface area contributed by atoms with Crippen LogP contribution in [0.15, 0.2) is 48.5 Å². The van der Waals surface area contributed by atoms with Crippen molar-refractivity contribution < 1.29 is 19.6 Å². The standard InChI is InChI=1S/C18H17N3O5/c22-17(13-10-14(18(23)24)12-16(11-13)21(25)26)20-8-6-19(7-9-20)15-4-2-1-3-5-15/h1-5,10-12H,6-9H2,(H,23,24). The molecule has 1 heterocycles. The number of carboxylic acid groups (broad SMARTS) is 1. The van der Waals surface area contributed by atoms with Gasteiger partial charge in [0, 0.05) is 49.6 Å². The van der Waals surface area contributed by atoms with E-state index in [2.05, 4.69) is 4.90 Å². The molecule has 1 saturated heterocycles. The van der Waals surface area contributed by atoms with Crippen LogP contribution in [0.3, 0.4) is 0 Å². The van der Waals surface area contributed by atoms with Crippen molar-refractivity contribution in [3.63, 3.8) is 0 Å². The Bertz CT molecular complexity index is 813. The topological polar surface area (TPSA) is 104 Å². The number of amides is 1. The highest BCUT2D eigenvalue weighted by atomic mass is 16.6. The van der Waals surface area contributed by atoms with Gasteiger partial charge in [0.25, 0.3) is 11.6 Å². The first-order valence-corrected chi connectivity index (χ1v) is 8.08. The van der Waals surface area contributed by atoms with Crippen LogP contribution in [-0.2, 0) is 0 Å². The largest absolute Gasteiger partial charge is 0.478 e. The summed E-state index contributed by atoms with van der Waals surface area (Å²) in [4.78, 5) is 37.9. The third-order valence-corrected chi connectivity index (χ3v) is 4.31. The van der Waals surface area contributed by atoms with Gasteiger partial charge in [0.15, 0.2) is 0 Å². The third kappa shape index (κ3) is 3.64. The van der Waals surface area contributed by atoms with E-state index in [1.165, 1.54) is 6.07 Å². The highest BCUT2D eigenvalue weighted by Gasteiger charge is 2.25. The number of rotatable bonds is 4. The molecule has 1 aliphatic rings. The van der Waals surface area contributed by atoms with Crippen molar-refractivity contribution >= 4 is 23.3 Å². The molecule has 0 aliphatic carbocycles. The van der Waals surface area contributed by atoms with E-state index in [4.69, 9.17) is 5.11 Å². The van der Waals surface area contributed by atoms with E-state index < -0.39 is 22.5 Å². The normalized spacial score (nSPS) is 14.2. The van der Waals surface area contributed by atoms with Crippen molar-refractivity contribution in [2.75, 3.05) is 31.1 Å². The van der Waals surface area contributed by atoms with E-state index in [1.807, 2.05) is 30.3 Å². The third-order valence-electron chi connectivity index (χ3n) is 4.31. The Morgan fingerprint density at radius 3 is 2.15 bits per heavy atom. The zero-order chi connectivity index (χ0) is 18.7. The Balaban J connectivity index is 1.76. The molecular weight excluding hydrogens is 338 g/mol. The van der Waals surface area contributed by atoms with E-state index in [0.29, 0.717) is 26.2 Å². The number of piperazine rings is 1. The van der Waals surface area contributed by atoms with Gasteiger partial charge in [-0.2, -0.15) is 0 Å². The lowest BCUT2D eigenvalue weighted by Gasteiger charge is -2.36. The van der Waals surface area contributed by atoms with Crippen LogP contribution in [-0.4, -0.2) is 53.0 Å². The Labute approximate surface area is 149 Å². The van der Waals surface area contributed by atoms with Crippen molar-refractivity contribution in [2.24, 2.45) is 0 Å². The van der Waals surface area contributed by atoms with Gasteiger partial charge >= 0.3 is 5.97 Å². The van der Waals surface area contributed by atoms with E-state index in [-0.39, 0.29) is 11.1 Å². The van der Waals surface area contributed by atoms with E-state index in [9.17, 15) is 19.7 Å². The predicted molar refractivity (Wildman–Crippen MR) is 94.6 cm³/mol. The first-order valence-electron chi connectivity index (χ1n) is 8.08. The van der Waals surface area contributed by atoms with Gasteiger partial charge in [0.2, 0.25) is 0 Å². The molecule has 8 heteroatoms. The highest BCUT2D eigenvalue weighted by molar-refractivity contribution is 5.98. The molecular formula is C18H17N3O5. The maximum Gasteiger partial charge on any atom is 0.335 e. The van der Waals surface area contributed by atoms with Gasteiger partial charge in [-0.1, -0.05) is 18.2 Å². The SMILES string of the molecule is O=C(O)c1cc(C(=O)N2CCN(c3ccccc3)CC2)cc([N+](=O)[O-])c1. The molecule has 8 nitrogen and oxygen atoms in total. The number of aromatic carboxylic acids is 1. The number of carbonyl (C=O) groups excluding carboxylic acids is 1. The molecule has 0 bridgehead atoms. The van der Waals surface area contributed by atoms with Crippen molar-refractivity contribution in [3.05, 3.63) is 69.8 Å². The summed E-state index contributed by atoms with van der Waals surface area (Å²) in [5, 5.41) is 20.1. The van der Waals surface area contributed by atoms with Gasteiger partial charge in [-0.15, -0.1) is 0 Å². The smallest absolute Gasteiger partial charge is 0.335 e. The molecule has 0 unspecified atom stereocenters. The molecule has 0 radical (unpaired) electrons. The second-order valence-corrected chi connectivity index (χ2v) is 5.95. The maximum atomic E-state index is 12.7. The molecule has 3 rings (SSSR count). The van der Waals surface area contributed by atoms with Crippen molar-refractivity contribution in [1.82, 2.24) is 4.90 Å². The van der Waals surface area contributed by atoms with Gasteiger partial charge in [0.05, 0.1) is 10.5 Å². The molecule has 0 atom stereocenters. The Hall–Kier alpha value is -3.42. The number of para-hydroxylation sites is 1. The minimum atomic E-state index is -1.31. The minimum Gasteiger partial charge on any atom is -0.478 e. The number of carbonyl (C=O) groups is 2. The number of hydrogen-bond donors (Lipinski definition) is 1. The van der Waals surface area contributed by atoms with Gasteiger partial charge < -0.3 is 14.9 Å². The lowest BCUT2D eigenvalue weighted by atomic mass is 10.1. The van der Waals surface area contributed by atoms with Crippen molar-refractivity contribution in [3.8, 4) is 0 Å². The zero-order valence-corrected chi connectivity index (χ0v) is 13.9. The summed E-state index contributed by atoms with van der Waals surface area (Å²) in [5.74, 6) is -1.71. The second-order valence-electron chi connectivity index (χ2n) is 5.95. The number of non-ortho nitro benzene ring substituents is 1. The van der Waals surface area contributed by atoms with Crippen LogP contribution in [0.25, 0.3) is 0 Å². The number of hydrogen-bond acceptors (Lipinski definition) is 5. The molecule has 1 fully saturated rings. The number of carboxylic acids is 1. The van der Waals surface area contributed by atoms with Crippen LogP contribution in [0.5, 0.6) is 0 Å². The van der Waals surface area contributed by atoms with Gasteiger partial charge in [-0.05, 0) is 18.2 Å². The van der Waals surface area contributed by atoms with E-state index in [0.717, 1.165) is 17.8 Å². The zero-order valence-electron chi connectivity index (χ0n) is 13.9. The van der Waals surface area contributed by atoms with Crippen LogP contribution < -0.4 is 4.90 Å². The van der Waals surface area contributed by atoms with Gasteiger partial charge in [-0.25, -0.2) is 4.79 Å². The Kier molecular flexibility index (Phi) is 4.83. The molecule has 0 saturated carbocycles. The molecule has 0 aromatic heterocycles. The molecule has 1 amide bonds. The lowest BCUT2D eigenvalue weighted by Crippen LogP contribution is -2.48. The molecule has 1 N–H and O–H groups in total. The number of nitrogens with zero attached hydrogens (tertiary/aromatic N) is 3. The van der Waals surface area contributed by atoms with Crippen LogP contribution in [0, 0.1) is 10.1 Å². The summed E-state index contributed by atoms with van der Waals surface area (Å²) in [7, 11) is 0. The first kappa shape index (κ1) is 17.4. The Morgan fingerprint density at radius 2 is 1.58 bits per heavy atom. The van der Waals surface area contributed by atoms with Crippen LogP contribution >= 0.6 is 0 Å². The monoisotopic (exact) mass is 355 g/mol. The minimum absolute atomic E-state index is 0.0183. The number of nitro groups is 1. The fourth-order valence-corrected chi connectivity index (χ4v) is 2.95. The molecule has 2 aromatic rings. The number of nitro benzene ring substituents is 1. The van der Waals surface area contributed by atoms with Crippen molar-refractivity contribution in [2.45, 2.75) is 0 Å². The summed E-state index contributed by atoms with van der Waals surface area (Å²) in [6.45, 7) is 2.19. The first-order chi connectivity index (χ1) is 12.5. The summed E-state index contributed by atoms with van der Waals surface area (Å²) in [6, 6.07) is 13.1. The summed E-state index contributed by atoms with van der Waals surface area (Å²) < 4.78 is 0. The molecule has 0 spiro atoms. The van der Waals surface area contributed by atoms with E-state index >= 15 is 0 Å². The quantitative estimate of drug-likeness (QED) is 0.666. The van der Waals surface area contributed by atoms with Gasteiger partial charge in [0.1, 0.15) is 0 Å². The van der Waals surface area contributed by atoms with Crippen LogP contribution in [0.4, 0.5) is 11.4 Å². The molecule has 2 aromatic carbocycles. The molecule has 134 valence electrons. The van der Waals surface area contributed by atoms with Crippen LogP contribution in [0.2, 0.25) is 0 Å². The fraction of sp³-hybridized carbons (Fsp3) is 0.222. The fourth-order valence-electron chi connectivity index (χ4n) is 2.95. The average Bonchev–Trinajstić information content (AvgIpc) is 2.67. The highest BCUT2D eigenvalue weighted by Crippen LogP contribution is 2.21. The van der Waals surface area contributed by atoms with Gasteiger partial charge in [-0.3, -0.25) is 14.9 Å². The second kappa shape index (κ2) is 7.22. The Morgan fingerprint density at radius 1 is 0.962 bits per heavy atom. The maximum absolute atomic E-state index is 12.7. The lowest BCUT2D eigenvalue weighted by molar-refractivity contribution is -0.384. The van der Waals surface area contributed by atoms with Crippen LogP contribution in [0.1, 0.15) is 20.7 Å². The average molecular weight is 355 g/mol.